The first-order valence-corrected chi connectivity index (χ1v) is 32.2. The first-order valence-electron chi connectivity index (χ1n) is 26.4. The number of hydrogen-bond acceptors (Lipinski definition) is 21. The van der Waals surface area contributed by atoms with Crippen LogP contribution in [0.5, 0.6) is 5.75 Å². The molecule has 88 heavy (non-hydrogen) atoms. The zero-order valence-electron chi connectivity index (χ0n) is 45.4. The van der Waals surface area contributed by atoms with Gasteiger partial charge in [0.25, 0.3) is 11.8 Å². The van der Waals surface area contributed by atoms with E-state index in [1.54, 1.807) is 12.1 Å². The number of phenolic OH excluding ortho intramolecular Hbond substituents is 1. The van der Waals surface area contributed by atoms with Crippen molar-refractivity contribution in [1.82, 2.24) is 25.5 Å². The van der Waals surface area contributed by atoms with E-state index in [1.807, 2.05) is 48.5 Å². The fourth-order valence-electron chi connectivity index (χ4n) is 10.3. The van der Waals surface area contributed by atoms with Gasteiger partial charge in [-0.05, 0) is 88.0 Å². The quantitative estimate of drug-likeness (QED) is 0.0109. The molecule has 2 aliphatic carbocycles. The van der Waals surface area contributed by atoms with Gasteiger partial charge in [-0.3, -0.25) is 14.4 Å². The number of nitrogens with one attached hydrogen (secondary N) is 4. The summed E-state index contributed by atoms with van der Waals surface area (Å²) in [6.07, 6.45) is -1.98. The molecule has 2 aliphatic heterocycles. The zero-order chi connectivity index (χ0) is 62.5. The fourth-order valence-corrected chi connectivity index (χ4v) is 14.8. The van der Waals surface area contributed by atoms with Gasteiger partial charge >= 0.3 is 185 Å². The monoisotopic (exact) mass is 1260 g/mol. The van der Waals surface area contributed by atoms with Gasteiger partial charge in [-0.1, -0.05) is 60.7 Å². The number of ether oxygens (including phenoxy) is 2. The normalized spacial score (nSPS) is 14.8. The molecule has 3 amide bonds. The predicted octanol–water partition coefficient (Wildman–Crippen LogP) is 8.84. The number of benzene rings is 6. The Balaban J connectivity index is 0.771. The summed E-state index contributed by atoms with van der Waals surface area (Å²) >= 11 is 0. The molecule has 6 aromatic rings. The summed E-state index contributed by atoms with van der Waals surface area (Å²) in [5.41, 5.74) is 3.38. The number of fused-ring (bicyclic) bond motifs is 5. The van der Waals surface area contributed by atoms with Crippen LogP contribution in [-0.2, 0) is 66.2 Å². The number of alkyl carbamates (subject to hydrolysis) is 1. The molecule has 27 nitrogen and oxygen atoms in total. The smallest absolute Gasteiger partial charge is 0.336 e. The van der Waals surface area contributed by atoms with Crippen LogP contribution in [0.3, 0.4) is 0 Å². The van der Waals surface area contributed by atoms with Crippen molar-refractivity contribution in [2.75, 3.05) is 19.8 Å². The number of amides is 3. The molecule has 1 fully saturated rings. The van der Waals surface area contributed by atoms with E-state index in [-0.39, 0.29) is 113 Å². The second kappa shape index (κ2) is 25.8. The number of carbonyl (C=O) groups excluding carboxylic acids is 3. The Morgan fingerprint density at radius 3 is 2.11 bits per heavy atom. The van der Waals surface area contributed by atoms with Gasteiger partial charge in [-0.2, -0.15) is 0 Å². The number of H-pyrrole nitrogens is 1. The molecule has 0 bridgehead atoms. The first kappa shape index (κ1) is 61.5. The van der Waals surface area contributed by atoms with Crippen LogP contribution >= 0.6 is 21.4 Å². The van der Waals surface area contributed by atoms with Crippen LogP contribution < -0.4 is 32.6 Å². The number of aromatic amines is 1. The molecule has 0 radical (unpaired) electrons. The predicted molar refractivity (Wildman–Crippen MR) is 309 cm³/mol. The molecule has 8 N–H and O–H groups in total. The summed E-state index contributed by atoms with van der Waals surface area (Å²) in [6.45, 7) is -7.98. The standard InChI is InChI=1S/C58H48N5O22P3/c64-36-17-20-43-49(26-36)82-52-44(21-22-48(65)46(52)28-61-58(72)79-31-47-40-10-3-1-8-38(40)39-9-2-4-11-41(39)47)51(43)45-25-34(16-19-42(45)56(69)70)54(67)60-27-32-12-14-33(15-13-32)53(66)59-24-6-5-7-35-29-63(57(71)62-55(35)68)50-23-18-37(81-50)30-80-88(84-74,85-83-73,86(75)76)87(77)78/h1-4,8-17,19-22,25-26,29,37,47,50,65,73-74H,7,18,23-24,27-28,30-31H2,(H,59,66)(H,60,67)(H,61,72)(H,69,70)(H,62,68,71)/t37-,50+/m0/s1. The average molecular weight is 1260 g/mol. The number of carboxylic acids is 1. The van der Waals surface area contributed by atoms with E-state index in [2.05, 4.69) is 47.2 Å². The summed E-state index contributed by atoms with van der Waals surface area (Å²) in [6, 6.07) is 32.7. The van der Waals surface area contributed by atoms with Gasteiger partial charge in [0.1, 0.15) is 23.7 Å². The second-order valence-corrected chi connectivity index (χ2v) is 30.0. The Bertz CT molecular complexity index is 4410. The third-order valence-corrected chi connectivity index (χ3v) is 24.4. The van der Waals surface area contributed by atoms with Crippen LogP contribution in [0, 0.1) is 11.8 Å². The molecule has 0 spiro atoms. The largest absolute Gasteiger partial charge is 0.478 e. The van der Waals surface area contributed by atoms with Crippen molar-refractivity contribution >= 4 is 56.2 Å². The number of hydrogen-bond donors (Lipinski definition) is 8. The van der Waals surface area contributed by atoms with Gasteiger partial charge in [0.15, 0.2) is 5.43 Å². The summed E-state index contributed by atoms with van der Waals surface area (Å²) in [5.74, 6) is 2.49. The van der Waals surface area contributed by atoms with Gasteiger partial charge in [0.05, 0.1) is 17.7 Å². The average Bonchev–Trinajstić information content (AvgIpc) is 1.14. The molecule has 30 heteroatoms. The number of aromatic nitrogens is 2. The Kier molecular flexibility index (Phi) is 18.1. The Morgan fingerprint density at radius 1 is 0.739 bits per heavy atom. The van der Waals surface area contributed by atoms with Crippen molar-refractivity contribution < 1.29 is 91.0 Å². The van der Waals surface area contributed by atoms with Crippen molar-refractivity contribution in [3.63, 3.8) is 0 Å². The Morgan fingerprint density at radius 2 is 1.43 bits per heavy atom. The molecule has 1 aromatic heterocycles. The first-order chi connectivity index (χ1) is 42.3. The second-order valence-electron chi connectivity index (χ2n) is 19.8. The summed E-state index contributed by atoms with van der Waals surface area (Å²) in [4.78, 5) is 93.5. The third kappa shape index (κ3) is 12.1. The number of carboxylic acid groups (broad SMARTS) is 1. The van der Waals surface area contributed by atoms with E-state index in [0.29, 0.717) is 11.1 Å². The van der Waals surface area contributed by atoms with Crippen LogP contribution in [0.25, 0.3) is 44.5 Å². The summed E-state index contributed by atoms with van der Waals surface area (Å²) < 4.78 is 78.8. The molecule has 4 aliphatic rings. The number of phenols is 1. The van der Waals surface area contributed by atoms with E-state index < -0.39 is 80.9 Å². The Hall–Kier alpha value is -9.54. The van der Waals surface area contributed by atoms with Gasteiger partial charge in [0, 0.05) is 46.2 Å². The van der Waals surface area contributed by atoms with Crippen LogP contribution in [-0.4, -0.2) is 80.0 Å². The maximum absolute atomic E-state index is 13.9. The minimum Gasteiger partial charge on any atom is -0.478 e. The molecule has 0 saturated carbocycles. The molecule has 452 valence electrons. The molecular weight excluding hydrogens is 1210 g/mol. The van der Waals surface area contributed by atoms with Crippen molar-refractivity contribution in [1.29, 1.82) is 0 Å². The molecule has 2 atom stereocenters. The molecule has 1 saturated heterocycles. The van der Waals surface area contributed by atoms with Crippen molar-refractivity contribution in [3.8, 4) is 51.2 Å². The van der Waals surface area contributed by atoms with Gasteiger partial charge in [0.2, 0.25) is 0 Å². The van der Waals surface area contributed by atoms with Gasteiger partial charge in [-0.25, -0.2) is 9.59 Å². The van der Waals surface area contributed by atoms with Gasteiger partial charge < -0.3 is 35.3 Å². The number of rotatable bonds is 21. The van der Waals surface area contributed by atoms with Gasteiger partial charge in [-0.15, -0.1) is 0 Å². The summed E-state index contributed by atoms with van der Waals surface area (Å²) in [7, 11) is -8.84. The van der Waals surface area contributed by atoms with Crippen LogP contribution in [0.2, 0.25) is 0 Å². The minimum absolute atomic E-state index is 0.00658. The van der Waals surface area contributed by atoms with Crippen molar-refractivity contribution in [2.24, 2.45) is 0 Å². The maximum atomic E-state index is 13.9. The van der Waals surface area contributed by atoms with E-state index in [1.165, 1.54) is 66.9 Å². The molecule has 10 rings (SSSR count). The van der Waals surface area contributed by atoms with Crippen LogP contribution in [0.4, 0.5) is 4.79 Å². The third-order valence-electron chi connectivity index (χ3n) is 14.6. The molecule has 3 heterocycles. The Labute approximate surface area is 495 Å². The maximum Gasteiger partial charge on any atom is 0.336 e. The van der Waals surface area contributed by atoms with E-state index >= 15 is 0 Å². The minimum atomic E-state index is -6.57. The van der Waals surface area contributed by atoms with Crippen molar-refractivity contribution in [2.45, 2.75) is 50.6 Å². The number of nitrogens with zero attached hydrogens (tertiary/aromatic N) is 1. The van der Waals surface area contributed by atoms with E-state index in [0.717, 1.165) is 26.8 Å². The number of carbonyl (C=O) groups is 4. The SMILES string of the molecule is O=C(NCc1c(O)ccc2c(-c3cc(C(=O)NCc4ccc(C(=O)NCC#CCc5cn([C@H]6CC[C@@H](COP(OO)(OOO)(P(=O)=O)P(=O)=O)O6)c(=O)[nH]c5=O)cc4)ccc3C(=O)O)c3ccc(=O)cc-3oc12)OCC1c2ccccc2-c2ccccc21. The topological polar surface area (TPSA) is 394 Å². The molecule has 0 unspecified atom stereocenters. The molecule has 5 aromatic carbocycles. The molecular formula is C58H48N5O22P3. The number of aromatic carboxylic acids is 1. The van der Waals surface area contributed by atoms with Crippen molar-refractivity contribution in [3.05, 3.63) is 203 Å². The van der Waals surface area contributed by atoms with E-state index in [4.69, 9.17) is 23.7 Å². The number of aromatic hydroxyl groups is 1. The fraction of sp³-hybridized carbons (Fsp3) is 0.190. The summed E-state index contributed by atoms with van der Waals surface area (Å²) in [5, 5.41) is 51.3. The van der Waals surface area contributed by atoms with Crippen LogP contribution in [0.1, 0.15) is 83.9 Å². The van der Waals surface area contributed by atoms with E-state index in [9.17, 15) is 67.3 Å². The zero-order valence-corrected chi connectivity index (χ0v) is 48.1. The van der Waals surface area contributed by atoms with Crippen LogP contribution in [0.15, 0.2) is 146 Å².